The summed E-state index contributed by atoms with van der Waals surface area (Å²) in [4.78, 5) is 0. The van der Waals surface area contributed by atoms with Crippen molar-refractivity contribution in [3.8, 4) is 0 Å². The van der Waals surface area contributed by atoms with Crippen molar-refractivity contribution < 1.29 is 4.74 Å². The van der Waals surface area contributed by atoms with Crippen LogP contribution in [0.2, 0.25) is 0 Å². The molecule has 2 heteroatoms. The Morgan fingerprint density at radius 3 is 2.56 bits per heavy atom. The quantitative estimate of drug-likeness (QED) is 0.771. The van der Waals surface area contributed by atoms with Crippen LogP contribution in [-0.4, -0.2) is 25.3 Å². The zero-order chi connectivity index (χ0) is 13.2. The third-order valence-corrected chi connectivity index (χ3v) is 5.56. The van der Waals surface area contributed by atoms with Gasteiger partial charge in [-0.15, -0.1) is 0 Å². The SMILES string of the molecule is CCC1CCCC(NC2CC(OC)C2(C)C)CC1. The molecule has 2 rings (SSSR count). The summed E-state index contributed by atoms with van der Waals surface area (Å²) < 4.78 is 5.54. The van der Waals surface area contributed by atoms with E-state index >= 15 is 0 Å². The third-order valence-electron chi connectivity index (χ3n) is 5.56. The van der Waals surface area contributed by atoms with Crippen molar-refractivity contribution in [1.82, 2.24) is 5.32 Å². The van der Waals surface area contributed by atoms with Crippen LogP contribution in [0.15, 0.2) is 0 Å². The zero-order valence-electron chi connectivity index (χ0n) is 12.7. The van der Waals surface area contributed by atoms with Crippen LogP contribution in [0, 0.1) is 11.3 Å². The lowest BCUT2D eigenvalue weighted by atomic mass is 9.64. The van der Waals surface area contributed by atoms with Crippen molar-refractivity contribution in [3.05, 3.63) is 0 Å². The van der Waals surface area contributed by atoms with Crippen LogP contribution >= 0.6 is 0 Å². The molecule has 0 saturated heterocycles. The molecule has 2 nitrogen and oxygen atoms in total. The van der Waals surface area contributed by atoms with E-state index in [1.807, 2.05) is 7.11 Å². The Kier molecular flexibility index (Phi) is 4.71. The second-order valence-corrected chi connectivity index (χ2v) is 6.98. The zero-order valence-corrected chi connectivity index (χ0v) is 12.7. The minimum atomic E-state index is 0.311. The van der Waals surface area contributed by atoms with Gasteiger partial charge in [0.05, 0.1) is 6.10 Å². The van der Waals surface area contributed by atoms with E-state index in [9.17, 15) is 0 Å². The van der Waals surface area contributed by atoms with Crippen LogP contribution in [0.1, 0.15) is 65.7 Å². The summed E-state index contributed by atoms with van der Waals surface area (Å²) in [6.45, 7) is 7.03. The average molecular weight is 253 g/mol. The highest BCUT2D eigenvalue weighted by Crippen LogP contribution is 2.43. The summed E-state index contributed by atoms with van der Waals surface area (Å²) in [6.07, 6.45) is 10.0. The largest absolute Gasteiger partial charge is 0.381 e. The van der Waals surface area contributed by atoms with E-state index in [0.717, 1.165) is 12.0 Å². The molecule has 2 aliphatic rings. The minimum Gasteiger partial charge on any atom is -0.381 e. The van der Waals surface area contributed by atoms with E-state index in [4.69, 9.17) is 4.74 Å². The first-order valence-corrected chi connectivity index (χ1v) is 7.86. The van der Waals surface area contributed by atoms with Crippen molar-refractivity contribution >= 4 is 0 Å². The monoisotopic (exact) mass is 253 g/mol. The summed E-state index contributed by atoms with van der Waals surface area (Å²) in [5.74, 6) is 0.984. The Bertz CT molecular complexity index is 264. The molecular formula is C16H31NO. The Morgan fingerprint density at radius 1 is 1.17 bits per heavy atom. The summed E-state index contributed by atoms with van der Waals surface area (Å²) in [5.41, 5.74) is 0.311. The van der Waals surface area contributed by atoms with Crippen LogP contribution in [0.5, 0.6) is 0 Å². The fraction of sp³-hybridized carbons (Fsp3) is 1.00. The Labute approximate surface area is 113 Å². The topological polar surface area (TPSA) is 21.3 Å². The molecule has 2 aliphatic carbocycles. The first-order valence-electron chi connectivity index (χ1n) is 7.86. The van der Waals surface area contributed by atoms with Crippen molar-refractivity contribution in [2.75, 3.05) is 7.11 Å². The predicted octanol–water partition coefficient (Wildman–Crippen LogP) is 3.75. The average Bonchev–Trinajstić information content (AvgIpc) is 2.59. The van der Waals surface area contributed by atoms with Gasteiger partial charge >= 0.3 is 0 Å². The molecule has 0 bridgehead atoms. The summed E-state index contributed by atoms with van der Waals surface area (Å²) in [5, 5.41) is 3.91. The molecule has 0 spiro atoms. The Hall–Kier alpha value is -0.0800. The molecule has 4 unspecified atom stereocenters. The lowest BCUT2D eigenvalue weighted by molar-refractivity contribution is -0.101. The van der Waals surface area contributed by atoms with Crippen LogP contribution < -0.4 is 5.32 Å². The van der Waals surface area contributed by atoms with Gasteiger partial charge in [-0.1, -0.05) is 40.0 Å². The second kappa shape index (κ2) is 5.92. The van der Waals surface area contributed by atoms with Crippen LogP contribution in [0.4, 0.5) is 0 Å². The summed E-state index contributed by atoms with van der Waals surface area (Å²) >= 11 is 0. The molecule has 0 aromatic carbocycles. The van der Waals surface area contributed by atoms with E-state index in [2.05, 4.69) is 26.1 Å². The molecule has 0 heterocycles. The van der Waals surface area contributed by atoms with Crippen molar-refractivity contribution in [3.63, 3.8) is 0 Å². The molecule has 0 aliphatic heterocycles. The number of nitrogens with one attached hydrogen (secondary N) is 1. The van der Waals surface area contributed by atoms with Gasteiger partial charge in [0, 0.05) is 24.6 Å². The highest BCUT2D eigenvalue weighted by atomic mass is 16.5. The standard InChI is InChI=1S/C16H31NO/c1-5-12-7-6-8-13(10-9-12)17-14-11-15(18-4)16(14,2)3/h12-15,17H,5-11H2,1-4H3. The van der Waals surface area contributed by atoms with Gasteiger partial charge in [0.15, 0.2) is 0 Å². The summed E-state index contributed by atoms with van der Waals surface area (Å²) in [7, 11) is 1.85. The predicted molar refractivity (Wildman–Crippen MR) is 76.8 cm³/mol. The molecule has 4 atom stereocenters. The molecule has 1 N–H and O–H groups in total. The fourth-order valence-corrected chi connectivity index (χ4v) is 3.81. The number of rotatable bonds is 4. The molecule has 2 saturated carbocycles. The highest BCUT2D eigenvalue weighted by Gasteiger charge is 2.48. The second-order valence-electron chi connectivity index (χ2n) is 6.98. The van der Waals surface area contributed by atoms with E-state index in [0.29, 0.717) is 17.6 Å². The van der Waals surface area contributed by atoms with E-state index in [1.54, 1.807) is 0 Å². The van der Waals surface area contributed by atoms with Crippen molar-refractivity contribution in [2.24, 2.45) is 11.3 Å². The van der Waals surface area contributed by atoms with Crippen LogP contribution in [-0.2, 0) is 4.74 Å². The smallest absolute Gasteiger partial charge is 0.0652 e. The maximum Gasteiger partial charge on any atom is 0.0652 e. The first-order chi connectivity index (χ1) is 8.57. The Balaban J connectivity index is 1.80. The fourth-order valence-electron chi connectivity index (χ4n) is 3.81. The van der Waals surface area contributed by atoms with Crippen LogP contribution in [0.3, 0.4) is 0 Å². The Morgan fingerprint density at radius 2 is 1.94 bits per heavy atom. The molecule has 106 valence electrons. The van der Waals surface area contributed by atoms with Crippen molar-refractivity contribution in [2.45, 2.75) is 83.9 Å². The normalized spacial score (nSPS) is 40.0. The van der Waals surface area contributed by atoms with Crippen molar-refractivity contribution in [1.29, 1.82) is 0 Å². The molecule has 0 aromatic rings. The minimum absolute atomic E-state index is 0.311. The van der Waals surface area contributed by atoms with Crippen LogP contribution in [0.25, 0.3) is 0 Å². The maximum atomic E-state index is 5.54. The van der Waals surface area contributed by atoms with Gasteiger partial charge in [-0.25, -0.2) is 0 Å². The molecule has 0 radical (unpaired) electrons. The molecule has 2 fully saturated rings. The summed E-state index contributed by atoms with van der Waals surface area (Å²) in [6, 6.07) is 1.41. The molecular weight excluding hydrogens is 222 g/mol. The van der Waals surface area contributed by atoms with Gasteiger partial charge in [-0.2, -0.15) is 0 Å². The maximum absolute atomic E-state index is 5.54. The van der Waals surface area contributed by atoms with Gasteiger partial charge < -0.3 is 10.1 Å². The molecule has 0 aromatic heterocycles. The van der Waals surface area contributed by atoms with E-state index in [1.165, 1.54) is 44.9 Å². The number of hydrogen-bond donors (Lipinski definition) is 1. The lowest BCUT2D eigenvalue weighted by Crippen LogP contribution is -2.62. The highest BCUT2D eigenvalue weighted by molar-refractivity contribution is 5.03. The van der Waals surface area contributed by atoms with Gasteiger partial charge in [0.2, 0.25) is 0 Å². The van der Waals surface area contributed by atoms with Gasteiger partial charge in [0.1, 0.15) is 0 Å². The molecule has 18 heavy (non-hydrogen) atoms. The first kappa shape index (κ1) is 14.3. The van der Waals surface area contributed by atoms with Gasteiger partial charge in [-0.05, 0) is 31.6 Å². The number of hydrogen-bond acceptors (Lipinski definition) is 2. The molecule has 0 amide bonds. The van der Waals surface area contributed by atoms with Gasteiger partial charge in [0.25, 0.3) is 0 Å². The van der Waals surface area contributed by atoms with E-state index < -0.39 is 0 Å². The third kappa shape index (κ3) is 2.91. The number of ether oxygens (including phenoxy) is 1. The number of methoxy groups -OCH3 is 1. The van der Waals surface area contributed by atoms with E-state index in [-0.39, 0.29) is 0 Å². The van der Waals surface area contributed by atoms with Gasteiger partial charge in [-0.3, -0.25) is 0 Å². The lowest BCUT2D eigenvalue weighted by Gasteiger charge is -2.52.